The molecule has 4 rings (SSSR count). The zero-order chi connectivity index (χ0) is 29.2. The summed E-state index contributed by atoms with van der Waals surface area (Å²) >= 11 is 5.45. The second-order valence-corrected chi connectivity index (χ2v) is 12.9. The van der Waals surface area contributed by atoms with Gasteiger partial charge in [0, 0.05) is 13.1 Å². The molecular weight excluding hydrogens is 526 g/mol. The van der Waals surface area contributed by atoms with E-state index in [-0.39, 0.29) is 18.2 Å². The molecule has 0 bridgehead atoms. The maximum absolute atomic E-state index is 13.7. The number of alkyl carbamates (subject to hydrolysis) is 1. The summed E-state index contributed by atoms with van der Waals surface area (Å²) in [4.78, 5) is 28.3. The zero-order valence-corrected chi connectivity index (χ0v) is 25.4. The van der Waals surface area contributed by atoms with Gasteiger partial charge in [-0.2, -0.15) is 0 Å². The van der Waals surface area contributed by atoms with Gasteiger partial charge in [-0.15, -0.1) is 0 Å². The molecule has 9 heteroatoms. The number of carbonyl (C=O) groups excluding carboxylic acids is 2. The number of aryl methyl sites for hydroxylation is 1. The number of rotatable bonds is 5. The number of carbonyl (C=O) groups is 2. The van der Waals surface area contributed by atoms with E-state index in [0.29, 0.717) is 18.1 Å². The van der Waals surface area contributed by atoms with E-state index in [1.54, 1.807) is 0 Å². The summed E-state index contributed by atoms with van der Waals surface area (Å²) in [6.45, 7) is 13.7. The quantitative estimate of drug-likeness (QED) is 0.374. The fourth-order valence-electron chi connectivity index (χ4n) is 4.95. The average Bonchev–Trinajstić information content (AvgIpc) is 2.84. The van der Waals surface area contributed by atoms with E-state index in [4.69, 9.17) is 26.4 Å². The zero-order valence-electron chi connectivity index (χ0n) is 24.6. The molecule has 0 spiro atoms. The van der Waals surface area contributed by atoms with Crippen LogP contribution in [0, 0.1) is 0 Å². The lowest BCUT2D eigenvalue weighted by molar-refractivity contribution is 0.0117. The van der Waals surface area contributed by atoms with E-state index in [0.717, 1.165) is 47.4 Å². The van der Waals surface area contributed by atoms with Gasteiger partial charge in [-0.05, 0) is 102 Å². The number of anilines is 1. The molecule has 40 heavy (non-hydrogen) atoms. The van der Waals surface area contributed by atoms with Crippen LogP contribution in [0.5, 0.6) is 5.75 Å². The van der Waals surface area contributed by atoms with Crippen molar-refractivity contribution in [2.45, 2.75) is 104 Å². The molecule has 1 aliphatic carbocycles. The smallest absolute Gasteiger partial charge is 0.411 e. The Morgan fingerprint density at radius 3 is 2.48 bits per heavy atom. The predicted octanol–water partition coefficient (Wildman–Crippen LogP) is 7.05. The van der Waals surface area contributed by atoms with E-state index in [9.17, 15) is 9.59 Å². The number of hydrogen-bond acceptors (Lipinski definition) is 6. The van der Waals surface area contributed by atoms with Crippen LogP contribution in [0.1, 0.15) is 89.6 Å². The molecule has 1 aliphatic heterocycles. The second-order valence-electron chi connectivity index (χ2n) is 12.5. The van der Waals surface area contributed by atoms with Gasteiger partial charge >= 0.3 is 12.2 Å². The van der Waals surface area contributed by atoms with Crippen molar-refractivity contribution in [3.8, 4) is 5.75 Å². The maximum Gasteiger partial charge on any atom is 0.411 e. The third kappa shape index (κ3) is 7.65. The molecule has 2 aliphatic rings. The van der Waals surface area contributed by atoms with E-state index >= 15 is 0 Å². The third-order valence-corrected chi connectivity index (χ3v) is 7.07. The van der Waals surface area contributed by atoms with Crippen molar-refractivity contribution >= 4 is 35.1 Å². The van der Waals surface area contributed by atoms with Crippen molar-refractivity contribution in [1.29, 1.82) is 0 Å². The summed E-state index contributed by atoms with van der Waals surface area (Å²) in [5, 5.41) is 6.11. The maximum atomic E-state index is 13.7. The summed E-state index contributed by atoms with van der Waals surface area (Å²) in [5.41, 5.74) is 3.71. The molecule has 2 aromatic rings. The number of benzene rings is 2. The lowest BCUT2D eigenvalue weighted by Gasteiger charge is -2.38. The number of fused-ring (bicyclic) bond motifs is 2. The SMILES string of the molecule is CC1Oc2cc3c(cc2NC1=S)C(N(Cc1cccc(CNC(=O)OC(C)(C)C)c1)C(=O)OC(C)(C)C)CCC3. The first-order valence-electron chi connectivity index (χ1n) is 13.9. The number of hydrogen-bond donors (Lipinski definition) is 2. The highest BCUT2D eigenvalue weighted by atomic mass is 32.1. The van der Waals surface area contributed by atoms with E-state index in [1.165, 1.54) is 5.56 Å². The van der Waals surface area contributed by atoms with Crippen molar-refractivity contribution in [2.75, 3.05) is 5.32 Å². The molecule has 1 heterocycles. The highest BCUT2D eigenvalue weighted by molar-refractivity contribution is 7.80. The molecule has 2 aromatic carbocycles. The molecule has 0 fully saturated rings. The first-order chi connectivity index (χ1) is 18.7. The van der Waals surface area contributed by atoms with Crippen LogP contribution in [-0.4, -0.2) is 39.4 Å². The Hall–Kier alpha value is -3.33. The van der Waals surface area contributed by atoms with Gasteiger partial charge in [-0.25, -0.2) is 9.59 Å². The van der Waals surface area contributed by atoms with E-state index < -0.39 is 17.3 Å². The van der Waals surface area contributed by atoms with Crippen molar-refractivity contribution in [2.24, 2.45) is 0 Å². The largest absolute Gasteiger partial charge is 0.481 e. The first-order valence-corrected chi connectivity index (χ1v) is 14.3. The molecule has 0 aromatic heterocycles. The van der Waals surface area contributed by atoms with Gasteiger partial charge in [0.2, 0.25) is 0 Å². The molecule has 0 saturated carbocycles. The normalized spacial score (nSPS) is 18.4. The van der Waals surface area contributed by atoms with Gasteiger partial charge in [0.15, 0.2) is 0 Å². The summed E-state index contributed by atoms with van der Waals surface area (Å²) in [7, 11) is 0. The van der Waals surface area contributed by atoms with Crippen LogP contribution >= 0.6 is 12.2 Å². The molecule has 0 radical (unpaired) electrons. The van der Waals surface area contributed by atoms with Crippen molar-refractivity contribution in [3.63, 3.8) is 0 Å². The molecule has 2 N–H and O–H groups in total. The van der Waals surface area contributed by atoms with Gasteiger partial charge in [-0.3, -0.25) is 4.90 Å². The second kappa shape index (κ2) is 11.6. The minimum absolute atomic E-state index is 0.179. The van der Waals surface area contributed by atoms with E-state index in [1.807, 2.05) is 77.6 Å². The molecule has 2 atom stereocenters. The standard InChI is InChI=1S/C31H41N3O5S/c1-19-27(40)33-24-16-23-22(15-26(24)37-19)12-9-13-25(23)34(29(36)39-31(5,6)7)18-21-11-8-10-20(14-21)17-32-28(35)38-30(2,3)4/h8,10-11,14-16,19,25H,9,12-13,17-18H2,1-7H3,(H,32,35)(H,33,40). The fraction of sp³-hybridized carbons (Fsp3) is 0.516. The van der Waals surface area contributed by atoms with Crippen molar-refractivity contribution in [1.82, 2.24) is 10.2 Å². The Morgan fingerprint density at radius 2 is 1.77 bits per heavy atom. The molecule has 8 nitrogen and oxygen atoms in total. The van der Waals surface area contributed by atoms with Crippen molar-refractivity contribution in [3.05, 3.63) is 58.7 Å². The highest BCUT2D eigenvalue weighted by Gasteiger charge is 2.34. The summed E-state index contributed by atoms with van der Waals surface area (Å²) in [6.07, 6.45) is 1.64. The van der Waals surface area contributed by atoms with Crippen LogP contribution in [-0.2, 0) is 29.0 Å². The molecule has 2 unspecified atom stereocenters. The molecule has 216 valence electrons. The number of thiocarbonyl (C=S) groups is 1. The molecule has 0 saturated heterocycles. The minimum atomic E-state index is -0.639. The number of ether oxygens (including phenoxy) is 3. The van der Waals surface area contributed by atoms with Gasteiger partial charge < -0.3 is 24.8 Å². The van der Waals surface area contributed by atoms with Crippen LogP contribution in [0.2, 0.25) is 0 Å². The summed E-state index contributed by atoms with van der Waals surface area (Å²) < 4.78 is 17.3. The number of nitrogens with one attached hydrogen (secondary N) is 2. The Labute approximate surface area is 242 Å². The Morgan fingerprint density at radius 1 is 1.07 bits per heavy atom. The average molecular weight is 568 g/mol. The fourth-order valence-corrected chi connectivity index (χ4v) is 5.11. The summed E-state index contributed by atoms with van der Waals surface area (Å²) in [5.74, 6) is 0.787. The van der Waals surface area contributed by atoms with Gasteiger partial charge in [0.1, 0.15) is 28.0 Å². The van der Waals surface area contributed by atoms with Crippen LogP contribution in [0.15, 0.2) is 36.4 Å². The van der Waals surface area contributed by atoms with Crippen molar-refractivity contribution < 1.29 is 23.8 Å². The van der Waals surface area contributed by atoms with E-state index in [2.05, 4.69) is 22.8 Å². The highest BCUT2D eigenvalue weighted by Crippen LogP contribution is 2.42. The van der Waals surface area contributed by atoms with Crippen LogP contribution < -0.4 is 15.4 Å². The Balaban J connectivity index is 1.61. The number of amides is 2. The minimum Gasteiger partial charge on any atom is -0.481 e. The number of nitrogens with zero attached hydrogens (tertiary/aromatic N) is 1. The van der Waals surface area contributed by atoms with Crippen LogP contribution in [0.25, 0.3) is 0 Å². The first kappa shape index (κ1) is 29.6. The Kier molecular flexibility index (Phi) is 8.63. The Bertz CT molecular complexity index is 1280. The lowest BCUT2D eigenvalue weighted by atomic mass is 9.85. The topological polar surface area (TPSA) is 89.1 Å². The third-order valence-electron chi connectivity index (χ3n) is 6.64. The van der Waals surface area contributed by atoms with Crippen LogP contribution in [0.4, 0.5) is 15.3 Å². The van der Waals surface area contributed by atoms with Gasteiger partial charge in [0.05, 0.1) is 11.7 Å². The molecule has 2 amide bonds. The monoisotopic (exact) mass is 567 g/mol. The van der Waals surface area contributed by atoms with Crippen LogP contribution in [0.3, 0.4) is 0 Å². The van der Waals surface area contributed by atoms with Gasteiger partial charge in [0.25, 0.3) is 0 Å². The van der Waals surface area contributed by atoms with Gasteiger partial charge in [-0.1, -0.05) is 36.5 Å². The lowest BCUT2D eigenvalue weighted by Crippen LogP contribution is -2.40. The summed E-state index contributed by atoms with van der Waals surface area (Å²) in [6, 6.07) is 11.8. The molecular formula is C31H41N3O5S. The predicted molar refractivity (Wildman–Crippen MR) is 160 cm³/mol.